The van der Waals surface area contributed by atoms with E-state index in [1.165, 1.54) is 10.5 Å². The molecule has 0 bridgehead atoms. The van der Waals surface area contributed by atoms with Crippen LogP contribution >= 0.6 is 24.0 Å². The molecule has 2 nitrogen and oxygen atoms in total. The van der Waals surface area contributed by atoms with Gasteiger partial charge in [0.1, 0.15) is 0 Å². The zero-order valence-corrected chi connectivity index (χ0v) is 17.2. The molecule has 0 heterocycles. The zero-order valence-electron chi connectivity index (χ0n) is 15.6. The molecule has 0 aliphatic heterocycles. The minimum Gasteiger partial charge on any atom is -0.332 e. The van der Waals surface area contributed by atoms with Crippen LogP contribution in [0.5, 0.6) is 0 Å². The molecule has 0 fully saturated rings. The van der Waals surface area contributed by atoms with Crippen molar-refractivity contribution >= 4 is 40.5 Å². The Morgan fingerprint density at radius 1 is 0.889 bits per heavy atom. The number of benzene rings is 3. The van der Waals surface area contributed by atoms with Crippen molar-refractivity contribution in [3.05, 3.63) is 84.4 Å². The van der Waals surface area contributed by atoms with Gasteiger partial charge >= 0.3 is 0 Å². The normalized spacial score (nSPS) is 11.6. The standard InChI is InChI=1S/C23H24N2S2/c1-3-17(2)18-13-15-19(16-14-18)24-23(26)25-21-11-7-8-12-22(21)27-20-9-5-4-6-10-20/h4-17H,3H2,1-2H3,(H2,24,25,26). The fourth-order valence-electron chi connectivity index (χ4n) is 2.69. The second-order valence-electron chi connectivity index (χ2n) is 6.42. The van der Waals surface area contributed by atoms with Gasteiger partial charge in [0.15, 0.2) is 5.11 Å². The van der Waals surface area contributed by atoms with Crippen LogP contribution in [-0.2, 0) is 0 Å². The molecule has 1 unspecified atom stereocenters. The minimum atomic E-state index is 0.575. The molecule has 0 aliphatic carbocycles. The van der Waals surface area contributed by atoms with Crippen molar-refractivity contribution in [2.45, 2.75) is 36.0 Å². The van der Waals surface area contributed by atoms with Gasteiger partial charge < -0.3 is 10.6 Å². The summed E-state index contributed by atoms with van der Waals surface area (Å²) < 4.78 is 0. The van der Waals surface area contributed by atoms with E-state index in [4.69, 9.17) is 12.2 Å². The van der Waals surface area contributed by atoms with Gasteiger partial charge in [-0.25, -0.2) is 0 Å². The van der Waals surface area contributed by atoms with Gasteiger partial charge in [0, 0.05) is 15.5 Å². The average Bonchev–Trinajstić information content (AvgIpc) is 2.70. The molecule has 27 heavy (non-hydrogen) atoms. The molecule has 0 aromatic heterocycles. The van der Waals surface area contributed by atoms with Gasteiger partial charge in [-0.05, 0) is 66.5 Å². The maximum Gasteiger partial charge on any atom is 0.175 e. The molecule has 0 spiro atoms. The number of nitrogens with one attached hydrogen (secondary N) is 2. The van der Waals surface area contributed by atoms with Crippen LogP contribution in [-0.4, -0.2) is 5.11 Å². The highest BCUT2D eigenvalue weighted by molar-refractivity contribution is 7.99. The number of rotatable bonds is 6. The first-order chi connectivity index (χ1) is 13.2. The van der Waals surface area contributed by atoms with Crippen molar-refractivity contribution in [1.29, 1.82) is 0 Å². The lowest BCUT2D eigenvalue weighted by molar-refractivity contribution is 0.734. The van der Waals surface area contributed by atoms with Gasteiger partial charge in [-0.3, -0.25) is 0 Å². The summed E-state index contributed by atoms with van der Waals surface area (Å²) in [6.07, 6.45) is 1.14. The van der Waals surface area contributed by atoms with Gasteiger partial charge in [0.25, 0.3) is 0 Å². The van der Waals surface area contributed by atoms with E-state index in [-0.39, 0.29) is 0 Å². The molecular formula is C23H24N2S2. The molecule has 1 atom stereocenters. The van der Waals surface area contributed by atoms with Crippen molar-refractivity contribution in [3.8, 4) is 0 Å². The number of hydrogen-bond donors (Lipinski definition) is 2. The number of anilines is 2. The van der Waals surface area contributed by atoms with Crippen molar-refractivity contribution in [3.63, 3.8) is 0 Å². The molecule has 2 N–H and O–H groups in total. The van der Waals surface area contributed by atoms with E-state index in [1.807, 2.05) is 36.4 Å². The highest BCUT2D eigenvalue weighted by Gasteiger charge is 2.07. The van der Waals surface area contributed by atoms with Crippen molar-refractivity contribution in [1.82, 2.24) is 0 Å². The van der Waals surface area contributed by atoms with E-state index < -0.39 is 0 Å². The molecule has 138 valence electrons. The van der Waals surface area contributed by atoms with Gasteiger partial charge in [-0.15, -0.1) is 0 Å². The molecule has 0 saturated carbocycles. The Balaban J connectivity index is 1.66. The summed E-state index contributed by atoms with van der Waals surface area (Å²) >= 11 is 7.24. The van der Waals surface area contributed by atoms with Gasteiger partial charge in [0.05, 0.1) is 5.69 Å². The highest BCUT2D eigenvalue weighted by Crippen LogP contribution is 2.33. The molecule has 3 aromatic rings. The van der Waals surface area contributed by atoms with Gasteiger partial charge in [0.2, 0.25) is 0 Å². The van der Waals surface area contributed by atoms with Crippen LogP contribution in [0.1, 0.15) is 31.7 Å². The molecule has 0 radical (unpaired) electrons. The number of thiocarbonyl (C=S) groups is 1. The van der Waals surface area contributed by atoms with Crippen molar-refractivity contribution < 1.29 is 0 Å². The molecule has 3 rings (SSSR count). The lowest BCUT2D eigenvalue weighted by atomic mass is 9.99. The van der Waals surface area contributed by atoms with Crippen LogP contribution in [0, 0.1) is 0 Å². The fraction of sp³-hybridized carbons (Fsp3) is 0.174. The Kier molecular flexibility index (Phi) is 6.91. The van der Waals surface area contributed by atoms with Crippen molar-refractivity contribution in [2.75, 3.05) is 10.6 Å². The second kappa shape index (κ2) is 9.58. The first kappa shape index (κ1) is 19.5. The average molecular weight is 393 g/mol. The largest absolute Gasteiger partial charge is 0.332 e. The summed E-state index contributed by atoms with van der Waals surface area (Å²) in [4.78, 5) is 2.34. The second-order valence-corrected chi connectivity index (χ2v) is 7.95. The Bertz CT molecular complexity index is 876. The third kappa shape index (κ3) is 5.59. The van der Waals surface area contributed by atoms with Crippen LogP contribution < -0.4 is 10.6 Å². The maximum atomic E-state index is 5.52. The first-order valence-electron chi connectivity index (χ1n) is 9.15. The lowest BCUT2D eigenvalue weighted by Gasteiger charge is -2.15. The van der Waals surface area contributed by atoms with Crippen LogP contribution in [0.25, 0.3) is 0 Å². The Hall–Kier alpha value is -2.30. The molecule has 0 saturated heterocycles. The number of hydrogen-bond acceptors (Lipinski definition) is 2. The molecule has 3 aromatic carbocycles. The smallest absolute Gasteiger partial charge is 0.175 e. The zero-order chi connectivity index (χ0) is 19.1. The third-order valence-corrected chi connectivity index (χ3v) is 5.74. The van der Waals surface area contributed by atoms with E-state index in [2.05, 4.69) is 66.9 Å². The van der Waals surface area contributed by atoms with E-state index in [1.54, 1.807) is 11.8 Å². The topological polar surface area (TPSA) is 24.1 Å². The molecule has 0 amide bonds. The summed E-state index contributed by atoms with van der Waals surface area (Å²) in [5, 5.41) is 7.19. The van der Waals surface area contributed by atoms with Crippen LogP contribution in [0.4, 0.5) is 11.4 Å². The Morgan fingerprint density at radius 2 is 1.56 bits per heavy atom. The summed E-state index contributed by atoms with van der Waals surface area (Å²) in [6.45, 7) is 4.46. The van der Waals surface area contributed by atoms with Gasteiger partial charge in [-0.1, -0.05) is 68.1 Å². The van der Waals surface area contributed by atoms with Gasteiger partial charge in [-0.2, -0.15) is 0 Å². The predicted molar refractivity (Wildman–Crippen MR) is 122 cm³/mol. The monoisotopic (exact) mass is 392 g/mol. The van der Waals surface area contributed by atoms with E-state index in [9.17, 15) is 0 Å². The van der Waals surface area contributed by atoms with Crippen molar-refractivity contribution in [2.24, 2.45) is 0 Å². The Labute approximate surface area is 171 Å². The number of para-hydroxylation sites is 1. The highest BCUT2D eigenvalue weighted by atomic mass is 32.2. The Morgan fingerprint density at radius 3 is 2.26 bits per heavy atom. The maximum absolute atomic E-state index is 5.52. The molecule has 0 aliphatic rings. The summed E-state index contributed by atoms with van der Waals surface area (Å²) in [5.74, 6) is 0.575. The van der Waals surface area contributed by atoms with Crippen LogP contribution in [0.3, 0.4) is 0 Å². The molecular weight excluding hydrogens is 368 g/mol. The summed E-state index contributed by atoms with van der Waals surface area (Å²) in [5.41, 5.74) is 3.35. The van der Waals surface area contributed by atoms with E-state index >= 15 is 0 Å². The summed E-state index contributed by atoms with van der Waals surface area (Å²) in [6, 6.07) is 27.0. The molecule has 4 heteroatoms. The summed E-state index contributed by atoms with van der Waals surface area (Å²) in [7, 11) is 0. The first-order valence-corrected chi connectivity index (χ1v) is 10.4. The van der Waals surface area contributed by atoms with Crippen LogP contribution in [0.15, 0.2) is 88.7 Å². The lowest BCUT2D eigenvalue weighted by Crippen LogP contribution is -2.19. The van der Waals surface area contributed by atoms with Crippen LogP contribution in [0.2, 0.25) is 0 Å². The SMILES string of the molecule is CCC(C)c1ccc(NC(=S)Nc2ccccc2Sc2ccccc2)cc1. The van der Waals surface area contributed by atoms with E-state index in [0.717, 1.165) is 22.7 Å². The minimum absolute atomic E-state index is 0.575. The van der Waals surface area contributed by atoms with E-state index in [0.29, 0.717) is 11.0 Å². The third-order valence-electron chi connectivity index (χ3n) is 4.46. The predicted octanol–water partition coefficient (Wildman–Crippen LogP) is 7.16. The fourth-order valence-corrected chi connectivity index (χ4v) is 3.84. The quantitative estimate of drug-likeness (QED) is 0.435.